The minimum Gasteiger partial charge on any atom is -0.323 e. The van der Waals surface area contributed by atoms with Gasteiger partial charge in [0.2, 0.25) is 5.91 Å². The zero-order chi connectivity index (χ0) is 22.5. The van der Waals surface area contributed by atoms with Gasteiger partial charge in [-0.2, -0.15) is 0 Å². The quantitative estimate of drug-likeness (QED) is 0.611. The van der Waals surface area contributed by atoms with Crippen molar-refractivity contribution in [1.82, 2.24) is 9.88 Å². The number of carbonyl (C=O) groups is 3. The molecule has 0 aliphatic carbocycles. The number of pyridine rings is 1. The van der Waals surface area contributed by atoms with Gasteiger partial charge in [-0.1, -0.05) is 24.3 Å². The number of sulfonamides is 1. The first-order chi connectivity index (χ1) is 15.4. The maximum Gasteiger partial charge on any atom is 0.280 e. The summed E-state index contributed by atoms with van der Waals surface area (Å²) >= 11 is 0. The van der Waals surface area contributed by atoms with Gasteiger partial charge >= 0.3 is 0 Å². The van der Waals surface area contributed by atoms with Gasteiger partial charge < -0.3 is 5.32 Å². The Morgan fingerprint density at radius 2 is 1.66 bits per heavy atom. The molecular formula is C22H16N4O5S. The molecular weight excluding hydrogens is 432 g/mol. The van der Waals surface area contributed by atoms with Crippen LogP contribution in [0.5, 0.6) is 0 Å². The first-order valence-corrected chi connectivity index (χ1v) is 11.1. The average Bonchev–Trinajstić information content (AvgIpc) is 3.04. The van der Waals surface area contributed by atoms with Crippen molar-refractivity contribution >= 4 is 39.1 Å². The lowest BCUT2D eigenvalue weighted by Crippen LogP contribution is -2.42. The molecule has 0 saturated carbocycles. The van der Waals surface area contributed by atoms with Gasteiger partial charge in [-0.25, -0.2) is 8.42 Å². The van der Waals surface area contributed by atoms with E-state index in [0.29, 0.717) is 16.9 Å². The molecule has 2 aromatic carbocycles. The Kier molecular flexibility index (Phi) is 4.52. The Hall–Kier alpha value is -4.05. The third-order valence-corrected chi connectivity index (χ3v) is 7.09. The van der Waals surface area contributed by atoms with Crippen LogP contribution in [0, 0.1) is 0 Å². The number of fused-ring (bicyclic) bond motifs is 2. The number of nitrogens with one attached hydrogen (secondary N) is 1. The molecule has 1 aromatic heterocycles. The van der Waals surface area contributed by atoms with Crippen molar-refractivity contribution in [3.05, 3.63) is 83.7 Å². The lowest BCUT2D eigenvalue weighted by molar-refractivity contribution is -0.115. The first kappa shape index (κ1) is 19.9. The minimum absolute atomic E-state index is 0.00483. The average molecular weight is 448 g/mol. The summed E-state index contributed by atoms with van der Waals surface area (Å²) in [7, 11) is -4.00. The predicted octanol–water partition coefficient (Wildman–Crippen LogP) is 2.03. The highest BCUT2D eigenvalue weighted by molar-refractivity contribution is 7.92. The third kappa shape index (κ3) is 3.12. The number of amides is 3. The molecule has 32 heavy (non-hydrogen) atoms. The maximum atomic E-state index is 13.2. The van der Waals surface area contributed by atoms with Gasteiger partial charge in [-0.15, -0.1) is 0 Å². The topological polar surface area (TPSA) is 117 Å². The van der Waals surface area contributed by atoms with E-state index < -0.39 is 27.7 Å². The van der Waals surface area contributed by atoms with Crippen LogP contribution in [-0.2, 0) is 21.4 Å². The van der Waals surface area contributed by atoms with Crippen LogP contribution in [-0.4, -0.2) is 42.6 Å². The Morgan fingerprint density at radius 3 is 2.41 bits per heavy atom. The summed E-state index contributed by atoms with van der Waals surface area (Å²) in [6, 6.07) is 15.7. The van der Waals surface area contributed by atoms with E-state index in [4.69, 9.17) is 0 Å². The molecule has 0 radical (unpaired) electrons. The Labute approximate surface area is 183 Å². The number of rotatable bonds is 4. The van der Waals surface area contributed by atoms with Crippen LogP contribution in [0.1, 0.15) is 26.4 Å². The van der Waals surface area contributed by atoms with E-state index >= 15 is 0 Å². The molecule has 0 unspecified atom stereocenters. The number of carbonyl (C=O) groups excluding carboxylic acids is 3. The van der Waals surface area contributed by atoms with Crippen molar-refractivity contribution in [2.45, 2.75) is 11.4 Å². The van der Waals surface area contributed by atoms with Crippen LogP contribution in [0.4, 0.5) is 11.4 Å². The fourth-order valence-electron chi connectivity index (χ4n) is 3.75. The van der Waals surface area contributed by atoms with Crippen molar-refractivity contribution in [3.63, 3.8) is 0 Å². The van der Waals surface area contributed by atoms with Gasteiger partial charge in [0.05, 0.1) is 28.4 Å². The fraction of sp³-hybridized carbons (Fsp3) is 0.0909. The van der Waals surface area contributed by atoms with Gasteiger partial charge in [0, 0.05) is 6.20 Å². The van der Waals surface area contributed by atoms with Gasteiger partial charge in [0.1, 0.15) is 12.2 Å². The van der Waals surface area contributed by atoms with Crippen molar-refractivity contribution < 1.29 is 22.8 Å². The summed E-state index contributed by atoms with van der Waals surface area (Å²) in [6.45, 7) is -0.341. The highest BCUT2D eigenvalue weighted by Crippen LogP contribution is 2.33. The van der Waals surface area contributed by atoms with E-state index in [-0.39, 0.29) is 29.2 Å². The smallest absolute Gasteiger partial charge is 0.280 e. The number of aromatic nitrogens is 1. The normalized spacial score (nSPS) is 15.4. The Balaban J connectivity index is 1.40. The third-order valence-electron chi connectivity index (χ3n) is 5.32. The molecule has 2 aliphatic rings. The molecule has 2 aliphatic heterocycles. The summed E-state index contributed by atoms with van der Waals surface area (Å²) in [4.78, 5) is 42.1. The van der Waals surface area contributed by atoms with E-state index in [1.54, 1.807) is 48.5 Å². The standard InChI is InChI=1S/C22H16N4O5S/c27-19-13-26(18-6-2-1-5-17(18)24-19)32(30,31)15-9-7-14(8-10-15)12-25-21(28)16-4-3-11-23-20(16)22(25)29/h1-11H,12-13H2,(H,24,27). The van der Waals surface area contributed by atoms with E-state index in [9.17, 15) is 22.8 Å². The zero-order valence-electron chi connectivity index (χ0n) is 16.6. The number of para-hydroxylation sites is 2. The van der Waals surface area contributed by atoms with Gasteiger partial charge in [-0.3, -0.25) is 28.6 Å². The maximum absolute atomic E-state index is 13.2. The Bertz CT molecular complexity index is 1350. The molecule has 10 heteroatoms. The molecule has 1 N–H and O–H groups in total. The molecule has 3 heterocycles. The number of imide groups is 1. The molecule has 0 saturated heterocycles. The Morgan fingerprint density at radius 1 is 0.906 bits per heavy atom. The van der Waals surface area contributed by atoms with Crippen LogP contribution < -0.4 is 9.62 Å². The zero-order valence-corrected chi connectivity index (χ0v) is 17.4. The summed E-state index contributed by atoms with van der Waals surface area (Å²) in [5.74, 6) is -1.35. The van der Waals surface area contributed by atoms with Crippen LogP contribution in [0.3, 0.4) is 0 Å². The van der Waals surface area contributed by atoms with E-state index in [1.807, 2.05) is 0 Å². The summed E-state index contributed by atoms with van der Waals surface area (Å²) in [6.07, 6.45) is 1.45. The van der Waals surface area contributed by atoms with Gasteiger partial charge in [0.15, 0.2) is 0 Å². The van der Waals surface area contributed by atoms with Crippen LogP contribution in [0.25, 0.3) is 0 Å². The van der Waals surface area contributed by atoms with Gasteiger partial charge in [0.25, 0.3) is 21.8 Å². The summed E-state index contributed by atoms with van der Waals surface area (Å²) in [5.41, 5.74) is 1.74. The fourth-order valence-corrected chi connectivity index (χ4v) is 5.19. The lowest BCUT2D eigenvalue weighted by atomic mass is 10.2. The first-order valence-electron chi connectivity index (χ1n) is 9.68. The molecule has 9 nitrogen and oxygen atoms in total. The molecule has 3 amide bonds. The van der Waals surface area contributed by atoms with Crippen molar-refractivity contribution in [2.24, 2.45) is 0 Å². The van der Waals surface area contributed by atoms with Crippen molar-refractivity contribution in [1.29, 1.82) is 0 Å². The number of benzene rings is 2. The molecule has 160 valence electrons. The van der Waals surface area contributed by atoms with Crippen molar-refractivity contribution in [3.8, 4) is 0 Å². The highest BCUT2D eigenvalue weighted by atomic mass is 32.2. The van der Waals surface area contributed by atoms with Gasteiger partial charge in [-0.05, 0) is 42.0 Å². The number of nitrogens with zero attached hydrogens (tertiary/aromatic N) is 3. The molecule has 5 rings (SSSR count). The molecule has 0 spiro atoms. The summed E-state index contributed by atoms with van der Waals surface area (Å²) < 4.78 is 27.5. The second-order valence-electron chi connectivity index (χ2n) is 7.32. The second-order valence-corrected chi connectivity index (χ2v) is 9.18. The number of anilines is 2. The minimum atomic E-state index is -4.00. The van der Waals surface area contributed by atoms with E-state index in [0.717, 1.165) is 9.21 Å². The lowest BCUT2D eigenvalue weighted by Gasteiger charge is -2.30. The molecule has 0 fully saturated rings. The molecule has 0 bridgehead atoms. The van der Waals surface area contributed by atoms with Crippen LogP contribution in [0.15, 0.2) is 71.8 Å². The second kappa shape index (κ2) is 7.27. The monoisotopic (exact) mass is 448 g/mol. The van der Waals surface area contributed by atoms with E-state index in [1.165, 1.54) is 18.3 Å². The van der Waals surface area contributed by atoms with Crippen molar-refractivity contribution in [2.75, 3.05) is 16.2 Å². The largest absolute Gasteiger partial charge is 0.323 e. The van der Waals surface area contributed by atoms with E-state index in [2.05, 4.69) is 10.3 Å². The number of hydrogen-bond donors (Lipinski definition) is 1. The predicted molar refractivity (Wildman–Crippen MR) is 114 cm³/mol. The molecule has 3 aromatic rings. The van der Waals surface area contributed by atoms with Crippen LogP contribution in [0.2, 0.25) is 0 Å². The SMILES string of the molecule is O=C1CN(S(=O)(=O)c2ccc(CN3C(=O)c4cccnc4C3=O)cc2)c2ccccc2N1. The van der Waals surface area contributed by atoms with Crippen LogP contribution >= 0.6 is 0 Å². The highest BCUT2D eigenvalue weighted by Gasteiger charge is 2.37. The number of hydrogen-bond acceptors (Lipinski definition) is 6. The summed E-state index contributed by atoms with van der Waals surface area (Å²) in [5, 5.41) is 2.66. The molecule has 0 atom stereocenters.